The van der Waals surface area contributed by atoms with Crippen LogP contribution >= 0.6 is 23.2 Å². The molecule has 8 heteroatoms. The second-order valence-corrected chi connectivity index (χ2v) is 4.10. The highest BCUT2D eigenvalue weighted by atomic mass is 35.5. The molecule has 0 fully saturated rings. The van der Waals surface area contributed by atoms with Gasteiger partial charge < -0.3 is 0 Å². The summed E-state index contributed by atoms with van der Waals surface area (Å²) in [5.41, 5.74) is 0.825. The highest BCUT2D eigenvalue weighted by molar-refractivity contribution is 6.35. The molecule has 3 aromatic rings. The van der Waals surface area contributed by atoms with E-state index in [1.165, 1.54) is 18.5 Å². The molecule has 0 saturated carbocycles. The summed E-state index contributed by atoms with van der Waals surface area (Å²) in [7, 11) is 0. The lowest BCUT2D eigenvalue weighted by Crippen LogP contribution is -1.98. The summed E-state index contributed by atoms with van der Waals surface area (Å²) >= 11 is 11.6. The average molecular weight is 284 g/mol. The molecule has 0 saturated heterocycles. The number of nitrogens with zero attached hydrogens (tertiary/aromatic N) is 5. The lowest BCUT2D eigenvalue weighted by Gasteiger charge is -2.02. The predicted molar refractivity (Wildman–Crippen MR) is 64.4 cm³/mol. The first kappa shape index (κ1) is 11.3. The van der Waals surface area contributed by atoms with E-state index in [1.807, 2.05) is 0 Å². The third-order valence-electron chi connectivity index (χ3n) is 2.28. The van der Waals surface area contributed by atoms with Crippen LogP contribution < -0.4 is 0 Å². The Morgan fingerprint density at radius 3 is 2.67 bits per heavy atom. The van der Waals surface area contributed by atoms with Gasteiger partial charge in [-0.15, -0.1) is 0 Å². The molecule has 3 aromatic heterocycles. The average Bonchev–Trinajstić information content (AvgIpc) is 2.74. The van der Waals surface area contributed by atoms with Gasteiger partial charge in [0.05, 0.1) is 6.20 Å². The van der Waals surface area contributed by atoms with Crippen molar-refractivity contribution in [2.45, 2.75) is 0 Å². The molecule has 5 nitrogen and oxygen atoms in total. The van der Waals surface area contributed by atoms with Crippen molar-refractivity contribution in [2.75, 3.05) is 0 Å². The number of hydrogen-bond acceptors (Lipinski definition) is 4. The largest absolute Gasteiger partial charge is 0.267 e. The van der Waals surface area contributed by atoms with Crippen LogP contribution in [-0.4, -0.2) is 24.5 Å². The van der Waals surface area contributed by atoms with Crippen LogP contribution in [0.3, 0.4) is 0 Å². The van der Waals surface area contributed by atoms with Gasteiger partial charge in [0.1, 0.15) is 23.5 Å². The highest BCUT2D eigenvalue weighted by Gasteiger charge is 2.12. The van der Waals surface area contributed by atoms with Crippen molar-refractivity contribution in [1.82, 2.24) is 24.5 Å². The second kappa shape index (κ2) is 4.15. The van der Waals surface area contributed by atoms with Crippen molar-refractivity contribution >= 4 is 34.4 Å². The molecule has 3 heterocycles. The maximum absolute atomic E-state index is 12.8. The van der Waals surface area contributed by atoms with Crippen molar-refractivity contribution in [3.05, 3.63) is 40.9 Å². The Morgan fingerprint density at radius 1 is 1.11 bits per heavy atom. The van der Waals surface area contributed by atoms with Gasteiger partial charge in [0.15, 0.2) is 10.8 Å². The summed E-state index contributed by atoms with van der Waals surface area (Å²) in [6.45, 7) is 0. The molecule has 0 amide bonds. The fraction of sp³-hybridized carbons (Fsp3) is 0. The van der Waals surface area contributed by atoms with Gasteiger partial charge in [-0.2, -0.15) is 4.98 Å². The molecular formula is C10H4Cl2FN5. The van der Waals surface area contributed by atoms with Crippen LogP contribution in [0.25, 0.3) is 17.0 Å². The first-order chi connectivity index (χ1) is 8.65. The van der Waals surface area contributed by atoms with Gasteiger partial charge in [-0.1, -0.05) is 11.6 Å². The van der Waals surface area contributed by atoms with E-state index >= 15 is 0 Å². The van der Waals surface area contributed by atoms with Crippen LogP contribution in [-0.2, 0) is 0 Å². The monoisotopic (exact) mass is 283 g/mol. The minimum absolute atomic E-state index is 0.0105. The zero-order chi connectivity index (χ0) is 12.7. The van der Waals surface area contributed by atoms with E-state index in [-0.39, 0.29) is 10.4 Å². The quantitative estimate of drug-likeness (QED) is 0.509. The number of imidazole rings is 1. The number of rotatable bonds is 1. The van der Waals surface area contributed by atoms with Gasteiger partial charge in [-0.05, 0) is 23.7 Å². The maximum atomic E-state index is 12.8. The summed E-state index contributed by atoms with van der Waals surface area (Å²) in [5.74, 6) is 0.0404. The zero-order valence-electron chi connectivity index (χ0n) is 8.68. The van der Waals surface area contributed by atoms with Crippen LogP contribution in [0.1, 0.15) is 0 Å². The Kier molecular flexibility index (Phi) is 2.61. The number of fused-ring (bicyclic) bond motifs is 1. The van der Waals surface area contributed by atoms with Crippen molar-refractivity contribution in [1.29, 1.82) is 0 Å². The molecule has 0 atom stereocenters. The molecule has 0 spiro atoms. The molecule has 18 heavy (non-hydrogen) atoms. The van der Waals surface area contributed by atoms with Crippen LogP contribution in [0.5, 0.6) is 0 Å². The first-order valence-corrected chi connectivity index (χ1v) is 5.59. The van der Waals surface area contributed by atoms with Gasteiger partial charge >= 0.3 is 0 Å². The Bertz CT molecular complexity index is 725. The second-order valence-electron chi connectivity index (χ2n) is 3.40. The van der Waals surface area contributed by atoms with Gasteiger partial charge in [-0.3, -0.25) is 4.57 Å². The lowest BCUT2D eigenvalue weighted by molar-refractivity contribution is 0.620. The fourth-order valence-electron chi connectivity index (χ4n) is 1.52. The summed E-state index contributed by atoms with van der Waals surface area (Å²) < 4.78 is 14.4. The fourth-order valence-corrected chi connectivity index (χ4v) is 1.94. The molecule has 0 bridgehead atoms. The smallest absolute Gasteiger partial charge is 0.225 e. The van der Waals surface area contributed by atoms with Crippen LogP contribution in [0.4, 0.5) is 4.39 Å². The van der Waals surface area contributed by atoms with Crippen molar-refractivity contribution in [3.63, 3.8) is 0 Å². The third kappa shape index (κ3) is 1.79. The highest BCUT2D eigenvalue weighted by Crippen LogP contribution is 2.22. The number of halogens is 3. The Labute approximate surface area is 110 Å². The molecule has 0 aliphatic heterocycles. The topological polar surface area (TPSA) is 56.5 Å². The van der Waals surface area contributed by atoms with E-state index in [1.54, 1.807) is 4.57 Å². The molecule has 0 aliphatic carbocycles. The first-order valence-electron chi connectivity index (χ1n) is 4.83. The minimum atomic E-state index is -0.422. The molecule has 3 rings (SSSR count). The molecule has 0 aliphatic rings. The Morgan fingerprint density at radius 2 is 1.94 bits per heavy atom. The van der Waals surface area contributed by atoms with Crippen LogP contribution in [0.2, 0.25) is 10.4 Å². The standard InChI is InChI=1S/C10H4Cl2FN5/c11-8-7-9(17-10(12)16-8)18(4-15-7)6-2-1-5(13)3-14-6/h1-4H. The molecule has 0 radical (unpaired) electrons. The molecular weight excluding hydrogens is 280 g/mol. The van der Waals surface area contributed by atoms with Gasteiger partial charge in [0, 0.05) is 0 Å². The third-order valence-corrected chi connectivity index (χ3v) is 2.72. The summed E-state index contributed by atoms with van der Waals surface area (Å²) in [5, 5.41) is 0.169. The lowest BCUT2D eigenvalue weighted by atomic mass is 10.4. The summed E-state index contributed by atoms with van der Waals surface area (Å²) in [6.07, 6.45) is 2.58. The van der Waals surface area contributed by atoms with Crippen LogP contribution in [0.15, 0.2) is 24.7 Å². The summed E-state index contributed by atoms with van der Waals surface area (Å²) in [6, 6.07) is 2.79. The minimum Gasteiger partial charge on any atom is -0.267 e. The van der Waals surface area contributed by atoms with E-state index in [2.05, 4.69) is 19.9 Å². The predicted octanol–water partition coefficient (Wildman–Crippen LogP) is 2.66. The van der Waals surface area contributed by atoms with Gasteiger partial charge in [0.25, 0.3) is 0 Å². The van der Waals surface area contributed by atoms with Crippen molar-refractivity contribution in [3.8, 4) is 5.82 Å². The van der Waals surface area contributed by atoms with E-state index in [0.717, 1.165) is 6.20 Å². The summed E-state index contributed by atoms with van der Waals surface area (Å²) in [4.78, 5) is 15.8. The molecule has 0 unspecified atom stereocenters. The van der Waals surface area contributed by atoms with Gasteiger partial charge in [-0.25, -0.2) is 19.3 Å². The SMILES string of the molecule is Fc1ccc(-n2cnc3c(Cl)nc(Cl)nc32)nc1. The van der Waals surface area contributed by atoms with Crippen LogP contribution in [0, 0.1) is 5.82 Å². The van der Waals surface area contributed by atoms with E-state index in [4.69, 9.17) is 23.2 Å². The number of pyridine rings is 1. The van der Waals surface area contributed by atoms with Gasteiger partial charge in [0.2, 0.25) is 5.28 Å². The van der Waals surface area contributed by atoms with E-state index in [0.29, 0.717) is 17.0 Å². The zero-order valence-corrected chi connectivity index (χ0v) is 10.2. The molecule has 0 aromatic carbocycles. The van der Waals surface area contributed by atoms with E-state index < -0.39 is 5.82 Å². The normalized spacial score (nSPS) is 11.1. The molecule has 0 N–H and O–H groups in total. The maximum Gasteiger partial charge on any atom is 0.225 e. The Balaban J connectivity index is 2.27. The van der Waals surface area contributed by atoms with Crippen molar-refractivity contribution < 1.29 is 4.39 Å². The Hall–Kier alpha value is -1.79. The van der Waals surface area contributed by atoms with E-state index in [9.17, 15) is 4.39 Å². The molecule has 90 valence electrons. The number of hydrogen-bond donors (Lipinski definition) is 0. The van der Waals surface area contributed by atoms with Crippen molar-refractivity contribution in [2.24, 2.45) is 0 Å². The number of aromatic nitrogens is 5.